The molecule has 0 fully saturated rings. The molecule has 0 saturated carbocycles. The molecule has 5 rings (SSSR count). The van der Waals surface area contributed by atoms with E-state index in [0.717, 1.165) is 5.56 Å². The summed E-state index contributed by atoms with van der Waals surface area (Å²) in [6.07, 6.45) is 1.68. The van der Waals surface area contributed by atoms with Crippen LogP contribution in [0.25, 0.3) is 6.08 Å². The van der Waals surface area contributed by atoms with Gasteiger partial charge in [-0.3, -0.25) is 9.36 Å². The summed E-state index contributed by atoms with van der Waals surface area (Å²) in [6, 6.07) is 12.8. The average molecular weight is 786 g/mol. The summed E-state index contributed by atoms with van der Waals surface area (Å²) in [7, 11) is 4.52. The zero-order valence-electron chi connectivity index (χ0n) is 28.1. The molecule has 11 nitrogen and oxygen atoms in total. The number of hydrogen-bond acceptors (Lipinski definition) is 11. The second-order valence-corrected chi connectivity index (χ2v) is 13.0. The van der Waals surface area contributed by atoms with Gasteiger partial charge in [0.15, 0.2) is 27.8 Å². The van der Waals surface area contributed by atoms with E-state index in [4.69, 9.17) is 40.0 Å². The van der Waals surface area contributed by atoms with Crippen molar-refractivity contribution in [1.29, 1.82) is 0 Å². The van der Waals surface area contributed by atoms with Crippen molar-refractivity contribution in [2.24, 2.45) is 4.99 Å². The average Bonchev–Trinajstić information content (AvgIpc) is 3.40. The lowest BCUT2D eigenvalue weighted by Gasteiger charge is -2.26. The Morgan fingerprint density at radius 3 is 2.22 bits per heavy atom. The minimum atomic E-state index is -0.887. The maximum absolute atomic E-state index is 14.2. The van der Waals surface area contributed by atoms with Crippen molar-refractivity contribution in [3.05, 3.63) is 111 Å². The predicted octanol–water partition coefficient (Wildman–Crippen LogP) is 6.00. The van der Waals surface area contributed by atoms with E-state index in [2.05, 4.69) is 20.9 Å². The van der Waals surface area contributed by atoms with E-state index in [0.29, 0.717) is 65.8 Å². The Morgan fingerprint density at radius 1 is 0.940 bits per heavy atom. The quantitative estimate of drug-likeness (QED) is 0.159. The monoisotopic (exact) mass is 784 g/mol. The number of allylic oxidation sites excluding steroid dienone is 1. The molecule has 1 atom stereocenters. The van der Waals surface area contributed by atoms with Crippen LogP contribution in [0, 0.1) is 0 Å². The Kier molecular flexibility index (Phi) is 11.7. The molecule has 3 aromatic carbocycles. The molecule has 0 unspecified atom stereocenters. The van der Waals surface area contributed by atoms with Crippen LogP contribution in [0.5, 0.6) is 23.0 Å². The summed E-state index contributed by atoms with van der Waals surface area (Å²) in [5.74, 6) is 0.577. The van der Waals surface area contributed by atoms with Gasteiger partial charge in [-0.05, 0) is 79.9 Å². The Labute approximate surface area is 305 Å². The lowest BCUT2D eigenvalue weighted by molar-refractivity contribution is -0.139. The van der Waals surface area contributed by atoms with Crippen molar-refractivity contribution in [3.63, 3.8) is 0 Å². The largest absolute Gasteiger partial charge is 0.493 e. The van der Waals surface area contributed by atoms with Crippen LogP contribution in [0.15, 0.2) is 74.1 Å². The van der Waals surface area contributed by atoms with Crippen LogP contribution in [0.3, 0.4) is 0 Å². The number of methoxy groups -OCH3 is 3. The fourth-order valence-corrected chi connectivity index (χ4v) is 7.25. The Bertz CT molecular complexity index is 2160. The van der Waals surface area contributed by atoms with E-state index in [9.17, 15) is 14.4 Å². The fraction of sp³-hybridized carbons (Fsp3) is 0.278. The van der Waals surface area contributed by atoms with Crippen LogP contribution >= 0.6 is 38.9 Å². The topological polar surface area (TPSA) is 124 Å². The number of hydrogen-bond donors (Lipinski definition) is 0. The highest BCUT2D eigenvalue weighted by atomic mass is 79.9. The molecule has 2 heterocycles. The number of nitrogens with zero attached hydrogens (tertiary/aromatic N) is 2. The number of fused-ring (bicyclic) bond motifs is 1. The maximum atomic E-state index is 14.2. The van der Waals surface area contributed by atoms with Gasteiger partial charge >= 0.3 is 11.9 Å². The van der Waals surface area contributed by atoms with E-state index < -0.39 is 18.0 Å². The van der Waals surface area contributed by atoms with Crippen molar-refractivity contribution in [2.45, 2.75) is 33.4 Å². The highest BCUT2D eigenvalue weighted by Gasteiger charge is 2.35. The number of ether oxygens (including phenoxy) is 6. The first-order valence-corrected chi connectivity index (χ1v) is 17.4. The van der Waals surface area contributed by atoms with E-state index in [1.807, 2.05) is 0 Å². The summed E-state index contributed by atoms with van der Waals surface area (Å²) in [4.78, 5) is 44.6. The molecule has 0 bridgehead atoms. The van der Waals surface area contributed by atoms with Crippen molar-refractivity contribution >= 4 is 56.9 Å². The number of carbonyl (C=O) groups excluding carboxylic acids is 2. The third-order valence-electron chi connectivity index (χ3n) is 7.71. The van der Waals surface area contributed by atoms with Gasteiger partial charge in [-0.25, -0.2) is 14.6 Å². The fourth-order valence-electron chi connectivity index (χ4n) is 5.39. The molecule has 14 heteroatoms. The molecule has 0 saturated heterocycles. The van der Waals surface area contributed by atoms with Crippen molar-refractivity contribution < 1.29 is 38.0 Å². The Hall–Kier alpha value is -4.59. The van der Waals surface area contributed by atoms with Gasteiger partial charge in [0.1, 0.15) is 6.61 Å². The highest BCUT2D eigenvalue weighted by molar-refractivity contribution is 9.10. The molecule has 0 amide bonds. The molecule has 262 valence electrons. The molecular formula is C36H34BrClN2O9S. The number of halogens is 2. The third-order valence-corrected chi connectivity index (χ3v) is 9.66. The third kappa shape index (κ3) is 7.44. The van der Waals surface area contributed by atoms with Crippen LogP contribution in [0.4, 0.5) is 0 Å². The summed E-state index contributed by atoms with van der Waals surface area (Å²) in [5.41, 5.74) is 2.66. The van der Waals surface area contributed by atoms with Crippen LogP contribution in [-0.2, 0) is 20.9 Å². The summed E-state index contributed by atoms with van der Waals surface area (Å²) < 4.78 is 35.5. The zero-order valence-corrected chi connectivity index (χ0v) is 31.3. The number of rotatable bonds is 12. The first-order chi connectivity index (χ1) is 24.0. The van der Waals surface area contributed by atoms with Crippen LogP contribution in [0.1, 0.15) is 53.9 Å². The molecule has 0 radical (unpaired) electrons. The second-order valence-electron chi connectivity index (χ2n) is 10.8. The Balaban J connectivity index is 1.54. The van der Waals surface area contributed by atoms with Gasteiger partial charge in [-0.15, -0.1) is 0 Å². The zero-order chi connectivity index (χ0) is 36.1. The van der Waals surface area contributed by atoms with Crippen molar-refractivity contribution in [1.82, 2.24) is 4.57 Å². The molecule has 0 N–H and O–H groups in total. The number of esters is 2. The Morgan fingerprint density at radius 2 is 1.58 bits per heavy atom. The van der Waals surface area contributed by atoms with E-state index in [1.54, 1.807) is 75.4 Å². The van der Waals surface area contributed by atoms with Crippen LogP contribution in [0.2, 0.25) is 5.02 Å². The number of benzene rings is 3. The normalized spacial score (nSPS) is 14.1. The molecule has 50 heavy (non-hydrogen) atoms. The second kappa shape index (κ2) is 16.0. The summed E-state index contributed by atoms with van der Waals surface area (Å²) in [6.45, 7) is 5.77. The van der Waals surface area contributed by atoms with E-state index in [1.165, 1.54) is 37.2 Å². The highest BCUT2D eigenvalue weighted by Crippen LogP contribution is 2.41. The minimum absolute atomic E-state index is 0.143. The standard InChI is InChI=1S/C36H34BrClN2O9S/c1-7-47-34(42)22-11-9-20(10-12-22)18-49-32-25(38)13-21(14-28(32)46-6)15-29-33(41)40-31(23-16-26(44-4)27(45-5)17-24(23)37)30(35(43)48-8-2)19(3)39-36(40)50-29/h9-17,31H,7-8,18H2,1-6H3/b29-15-/t31-/m0/s1. The van der Waals surface area contributed by atoms with Gasteiger partial charge in [0.05, 0.1) is 67.0 Å². The molecule has 0 spiro atoms. The van der Waals surface area contributed by atoms with E-state index >= 15 is 0 Å². The number of carbonyl (C=O) groups is 2. The maximum Gasteiger partial charge on any atom is 0.338 e. The van der Waals surface area contributed by atoms with Gasteiger partial charge in [-0.1, -0.05) is 51.0 Å². The van der Waals surface area contributed by atoms with E-state index in [-0.39, 0.29) is 29.4 Å². The van der Waals surface area contributed by atoms with Gasteiger partial charge in [0.2, 0.25) is 0 Å². The molecule has 1 aliphatic heterocycles. The van der Waals surface area contributed by atoms with Gasteiger partial charge in [-0.2, -0.15) is 0 Å². The number of aromatic nitrogens is 1. The SMILES string of the molecule is CCOC(=O)C1=C(C)N=c2s/c(=C\c3cc(Cl)c(OCc4ccc(C(=O)OCC)cc4)c(OC)c3)c(=O)n2[C@H]1c1cc(OC)c(OC)cc1Br. The predicted molar refractivity (Wildman–Crippen MR) is 192 cm³/mol. The summed E-state index contributed by atoms with van der Waals surface area (Å²) >= 11 is 11.5. The van der Waals surface area contributed by atoms with Crippen LogP contribution in [-0.4, -0.2) is 51.0 Å². The van der Waals surface area contributed by atoms with Crippen LogP contribution < -0.4 is 33.8 Å². The lowest BCUT2D eigenvalue weighted by atomic mass is 9.95. The smallest absolute Gasteiger partial charge is 0.338 e. The molecule has 4 aromatic rings. The first-order valence-electron chi connectivity index (χ1n) is 15.4. The molecule has 0 aliphatic carbocycles. The first kappa shape index (κ1) is 36.7. The molecule has 1 aromatic heterocycles. The van der Waals surface area contributed by atoms with Crippen molar-refractivity contribution in [3.8, 4) is 23.0 Å². The molecular weight excluding hydrogens is 752 g/mol. The summed E-state index contributed by atoms with van der Waals surface area (Å²) in [5, 5.41) is 0.263. The molecule has 1 aliphatic rings. The number of thiazole rings is 1. The van der Waals surface area contributed by atoms with Gasteiger partial charge in [0.25, 0.3) is 5.56 Å². The minimum Gasteiger partial charge on any atom is -0.493 e. The van der Waals surface area contributed by atoms with Gasteiger partial charge < -0.3 is 28.4 Å². The lowest BCUT2D eigenvalue weighted by Crippen LogP contribution is -2.40. The van der Waals surface area contributed by atoms with Gasteiger partial charge in [0, 0.05) is 4.47 Å². The van der Waals surface area contributed by atoms with Crippen molar-refractivity contribution in [2.75, 3.05) is 34.5 Å².